The highest BCUT2D eigenvalue weighted by Gasteiger charge is 2.43. The standard InChI is InChI=1S/C19H29NO2/c1-6-15-8-10-16(11-9-15)17(14-21)22-20-18(2,3)12-7-13-19(20,4)5/h6,8-11,17,21H,1,7,12-14H2,2-5H3. The lowest BCUT2D eigenvalue weighted by Gasteiger charge is -2.52. The van der Waals surface area contributed by atoms with Crippen LogP contribution < -0.4 is 0 Å². The molecule has 1 unspecified atom stereocenters. The van der Waals surface area contributed by atoms with Gasteiger partial charge in [-0.05, 0) is 58.1 Å². The summed E-state index contributed by atoms with van der Waals surface area (Å²) in [6, 6.07) is 8.01. The summed E-state index contributed by atoms with van der Waals surface area (Å²) in [5.41, 5.74) is 2.00. The maximum atomic E-state index is 9.81. The highest BCUT2D eigenvalue weighted by atomic mass is 16.7. The maximum Gasteiger partial charge on any atom is 0.127 e. The molecule has 1 aliphatic rings. The van der Waals surface area contributed by atoms with Crippen LogP contribution in [0.2, 0.25) is 0 Å². The Morgan fingerprint density at radius 2 is 1.73 bits per heavy atom. The van der Waals surface area contributed by atoms with Gasteiger partial charge >= 0.3 is 0 Å². The molecule has 0 spiro atoms. The van der Waals surface area contributed by atoms with Gasteiger partial charge in [0.25, 0.3) is 0 Å². The number of rotatable bonds is 5. The number of piperidine rings is 1. The van der Waals surface area contributed by atoms with E-state index >= 15 is 0 Å². The third-order valence-electron chi connectivity index (χ3n) is 4.62. The second kappa shape index (κ2) is 6.53. The summed E-state index contributed by atoms with van der Waals surface area (Å²) in [7, 11) is 0. The van der Waals surface area contributed by atoms with Crippen LogP contribution in [-0.2, 0) is 4.84 Å². The zero-order valence-corrected chi connectivity index (χ0v) is 14.3. The summed E-state index contributed by atoms with van der Waals surface area (Å²) >= 11 is 0. The third-order valence-corrected chi connectivity index (χ3v) is 4.62. The molecule has 1 N–H and O–H groups in total. The maximum absolute atomic E-state index is 9.81. The van der Waals surface area contributed by atoms with Crippen molar-refractivity contribution in [2.24, 2.45) is 0 Å². The molecule has 1 heterocycles. The first-order valence-corrected chi connectivity index (χ1v) is 8.10. The topological polar surface area (TPSA) is 32.7 Å². The number of aliphatic hydroxyl groups excluding tert-OH is 1. The van der Waals surface area contributed by atoms with E-state index in [1.165, 1.54) is 6.42 Å². The molecule has 0 saturated carbocycles. The molecule has 0 radical (unpaired) electrons. The Balaban J connectivity index is 2.21. The zero-order chi connectivity index (χ0) is 16.4. The predicted molar refractivity (Wildman–Crippen MR) is 91.3 cm³/mol. The summed E-state index contributed by atoms with van der Waals surface area (Å²) in [5.74, 6) is 0. The summed E-state index contributed by atoms with van der Waals surface area (Å²) in [6.07, 6.45) is 4.89. The lowest BCUT2D eigenvalue weighted by molar-refractivity contribution is -0.311. The highest BCUT2D eigenvalue weighted by molar-refractivity contribution is 5.47. The van der Waals surface area contributed by atoms with Crippen LogP contribution in [0.5, 0.6) is 0 Å². The van der Waals surface area contributed by atoms with E-state index in [2.05, 4.69) is 39.3 Å². The Kier molecular flexibility index (Phi) is 5.10. The fourth-order valence-corrected chi connectivity index (χ4v) is 3.43. The number of hydroxylamine groups is 2. The fraction of sp³-hybridized carbons (Fsp3) is 0.579. The van der Waals surface area contributed by atoms with E-state index in [9.17, 15) is 5.11 Å². The Bertz CT molecular complexity index is 489. The van der Waals surface area contributed by atoms with Crippen molar-refractivity contribution in [3.05, 3.63) is 42.0 Å². The number of nitrogens with zero attached hydrogens (tertiary/aromatic N) is 1. The Morgan fingerprint density at radius 1 is 1.18 bits per heavy atom. The van der Waals surface area contributed by atoms with E-state index < -0.39 is 0 Å². The van der Waals surface area contributed by atoms with Gasteiger partial charge in [-0.15, -0.1) is 0 Å². The molecule has 3 heteroatoms. The van der Waals surface area contributed by atoms with Crippen molar-refractivity contribution in [1.82, 2.24) is 5.06 Å². The molecular weight excluding hydrogens is 274 g/mol. The van der Waals surface area contributed by atoms with Crippen LogP contribution in [0.1, 0.15) is 64.2 Å². The normalized spacial score (nSPS) is 22.2. The molecule has 0 bridgehead atoms. The molecule has 22 heavy (non-hydrogen) atoms. The average Bonchev–Trinajstić information content (AvgIpc) is 2.46. The number of hydrogen-bond donors (Lipinski definition) is 1. The first kappa shape index (κ1) is 17.2. The molecule has 1 aromatic rings. The Labute approximate surface area is 134 Å². The molecule has 1 saturated heterocycles. The summed E-state index contributed by atoms with van der Waals surface area (Å²) < 4.78 is 0. The molecule has 3 nitrogen and oxygen atoms in total. The second-order valence-electron chi connectivity index (χ2n) is 7.42. The van der Waals surface area contributed by atoms with E-state index in [-0.39, 0.29) is 23.8 Å². The molecular formula is C19H29NO2. The number of aliphatic hydroxyl groups is 1. The summed E-state index contributed by atoms with van der Waals surface area (Å²) in [6.45, 7) is 12.6. The van der Waals surface area contributed by atoms with Gasteiger partial charge in [-0.1, -0.05) is 36.9 Å². The highest BCUT2D eigenvalue weighted by Crippen LogP contribution is 2.40. The van der Waals surface area contributed by atoms with Gasteiger partial charge in [0.15, 0.2) is 0 Å². The first-order chi connectivity index (χ1) is 10.3. The van der Waals surface area contributed by atoms with E-state index in [4.69, 9.17) is 4.84 Å². The lowest BCUT2D eigenvalue weighted by atomic mass is 9.82. The van der Waals surface area contributed by atoms with Crippen molar-refractivity contribution in [2.75, 3.05) is 6.61 Å². The molecule has 122 valence electrons. The van der Waals surface area contributed by atoms with Crippen molar-refractivity contribution < 1.29 is 9.94 Å². The Hall–Kier alpha value is -1.16. The third kappa shape index (κ3) is 3.60. The van der Waals surface area contributed by atoms with Crippen molar-refractivity contribution in [3.8, 4) is 0 Å². The number of benzene rings is 1. The van der Waals surface area contributed by atoms with Gasteiger partial charge in [0.1, 0.15) is 6.10 Å². The minimum atomic E-state index is -0.337. The Morgan fingerprint density at radius 3 is 2.18 bits per heavy atom. The van der Waals surface area contributed by atoms with Crippen LogP contribution in [0.25, 0.3) is 6.08 Å². The second-order valence-corrected chi connectivity index (χ2v) is 7.42. The van der Waals surface area contributed by atoms with Gasteiger partial charge in [-0.25, -0.2) is 0 Å². The molecule has 1 fully saturated rings. The first-order valence-electron chi connectivity index (χ1n) is 8.10. The van der Waals surface area contributed by atoms with Gasteiger partial charge in [0.05, 0.1) is 6.61 Å². The van der Waals surface area contributed by atoms with Crippen molar-refractivity contribution >= 4 is 6.08 Å². The van der Waals surface area contributed by atoms with Gasteiger partial charge in [-0.2, -0.15) is 5.06 Å². The average molecular weight is 303 g/mol. The molecule has 2 rings (SSSR count). The minimum absolute atomic E-state index is 0.0315. The van der Waals surface area contributed by atoms with Crippen molar-refractivity contribution in [2.45, 2.75) is 64.1 Å². The van der Waals surface area contributed by atoms with E-state index in [0.29, 0.717) is 0 Å². The quantitative estimate of drug-likeness (QED) is 0.878. The molecule has 0 aliphatic carbocycles. The van der Waals surface area contributed by atoms with Gasteiger partial charge in [-0.3, -0.25) is 4.84 Å². The predicted octanol–water partition coefficient (Wildman–Crippen LogP) is 4.34. The van der Waals surface area contributed by atoms with Crippen molar-refractivity contribution in [1.29, 1.82) is 0 Å². The largest absolute Gasteiger partial charge is 0.393 e. The van der Waals surface area contributed by atoms with Crippen molar-refractivity contribution in [3.63, 3.8) is 0 Å². The van der Waals surface area contributed by atoms with E-state index in [0.717, 1.165) is 24.0 Å². The number of hydrogen-bond acceptors (Lipinski definition) is 3. The smallest absolute Gasteiger partial charge is 0.127 e. The fourth-order valence-electron chi connectivity index (χ4n) is 3.43. The summed E-state index contributed by atoms with van der Waals surface area (Å²) in [4.78, 5) is 6.29. The van der Waals surface area contributed by atoms with E-state index in [1.54, 1.807) is 0 Å². The van der Waals surface area contributed by atoms with Crippen LogP contribution in [0.15, 0.2) is 30.8 Å². The van der Waals surface area contributed by atoms with E-state index in [1.807, 2.05) is 30.3 Å². The molecule has 0 amide bonds. The monoisotopic (exact) mass is 303 g/mol. The molecule has 1 aromatic carbocycles. The minimum Gasteiger partial charge on any atom is -0.393 e. The van der Waals surface area contributed by atoms with Crippen LogP contribution >= 0.6 is 0 Å². The van der Waals surface area contributed by atoms with Gasteiger partial charge in [0, 0.05) is 11.1 Å². The van der Waals surface area contributed by atoms with Crippen LogP contribution in [-0.4, -0.2) is 27.9 Å². The molecule has 0 aromatic heterocycles. The van der Waals surface area contributed by atoms with Gasteiger partial charge in [0.2, 0.25) is 0 Å². The van der Waals surface area contributed by atoms with Crippen LogP contribution in [0, 0.1) is 0 Å². The zero-order valence-electron chi connectivity index (χ0n) is 14.3. The molecule has 1 atom stereocenters. The van der Waals surface area contributed by atoms with Gasteiger partial charge < -0.3 is 5.11 Å². The summed E-state index contributed by atoms with van der Waals surface area (Å²) in [5, 5.41) is 11.9. The lowest BCUT2D eigenvalue weighted by Crippen LogP contribution is -2.58. The van der Waals surface area contributed by atoms with Crippen LogP contribution in [0.3, 0.4) is 0 Å². The van der Waals surface area contributed by atoms with Crippen LogP contribution in [0.4, 0.5) is 0 Å². The SMILES string of the molecule is C=Cc1ccc(C(CO)ON2C(C)(C)CCCC2(C)C)cc1. The molecule has 1 aliphatic heterocycles.